The van der Waals surface area contributed by atoms with Crippen LogP contribution in [0.3, 0.4) is 0 Å². The molecule has 2 aromatic heterocycles. The second-order valence-electron chi connectivity index (χ2n) is 6.69. The fourth-order valence-corrected chi connectivity index (χ4v) is 3.12. The number of ether oxygens (including phenoxy) is 1. The lowest BCUT2D eigenvalue weighted by Gasteiger charge is -2.13. The van der Waals surface area contributed by atoms with Crippen molar-refractivity contribution in [3.63, 3.8) is 0 Å². The molecule has 0 bridgehead atoms. The van der Waals surface area contributed by atoms with E-state index in [9.17, 15) is 4.79 Å². The molecular formula is C20H25N3O2. The molecule has 1 saturated carbocycles. The Balaban J connectivity index is 1.43. The highest BCUT2D eigenvalue weighted by Crippen LogP contribution is 2.23. The smallest absolute Gasteiger partial charge is 0.220 e. The number of carbonyl (C=O) groups is 1. The Labute approximate surface area is 148 Å². The number of pyridine rings is 2. The highest BCUT2D eigenvalue weighted by Gasteiger charge is 2.17. The van der Waals surface area contributed by atoms with E-state index in [1.165, 1.54) is 12.8 Å². The topological polar surface area (TPSA) is 64.1 Å². The van der Waals surface area contributed by atoms with Crippen LogP contribution in [-0.2, 0) is 11.3 Å². The van der Waals surface area contributed by atoms with Gasteiger partial charge < -0.3 is 10.1 Å². The van der Waals surface area contributed by atoms with Crippen LogP contribution in [0.1, 0.15) is 56.1 Å². The lowest BCUT2D eigenvalue weighted by Crippen LogP contribution is -2.24. The number of hydrogen-bond donors (Lipinski definition) is 1. The molecule has 1 aliphatic carbocycles. The van der Waals surface area contributed by atoms with Crippen molar-refractivity contribution >= 4 is 5.91 Å². The molecule has 0 spiro atoms. The highest BCUT2D eigenvalue weighted by molar-refractivity contribution is 5.76. The molecule has 1 unspecified atom stereocenters. The van der Waals surface area contributed by atoms with Crippen molar-refractivity contribution < 1.29 is 9.53 Å². The van der Waals surface area contributed by atoms with Crippen LogP contribution in [0.2, 0.25) is 0 Å². The van der Waals surface area contributed by atoms with Gasteiger partial charge in [-0.1, -0.05) is 13.0 Å². The van der Waals surface area contributed by atoms with E-state index in [1.54, 1.807) is 18.6 Å². The van der Waals surface area contributed by atoms with Crippen molar-refractivity contribution in [2.24, 2.45) is 0 Å². The zero-order valence-electron chi connectivity index (χ0n) is 14.6. The predicted octanol–water partition coefficient (Wildman–Crippen LogP) is 3.61. The standard InChI is InChI=1S/C20H25N3O2/c1-15(17-8-10-21-11-9-17)12-19(24)22-13-16-6-7-20(23-14-16)25-18-4-2-3-5-18/h6-11,14-15,18H,2-5,12-13H2,1H3,(H,22,24). The van der Waals surface area contributed by atoms with Gasteiger partial charge in [-0.25, -0.2) is 4.98 Å². The first-order valence-corrected chi connectivity index (χ1v) is 8.99. The minimum Gasteiger partial charge on any atom is -0.474 e. The molecule has 1 amide bonds. The molecule has 3 rings (SSSR count). The van der Waals surface area contributed by atoms with Crippen LogP contribution in [0, 0.1) is 0 Å². The second-order valence-corrected chi connectivity index (χ2v) is 6.69. The summed E-state index contributed by atoms with van der Waals surface area (Å²) in [6, 6.07) is 7.75. The number of nitrogens with one attached hydrogen (secondary N) is 1. The van der Waals surface area contributed by atoms with E-state index in [2.05, 4.69) is 15.3 Å². The van der Waals surface area contributed by atoms with E-state index in [1.807, 2.05) is 31.2 Å². The number of nitrogens with zero attached hydrogens (tertiary/aromatic N) is 2. The molecular weight excluding hydrogens is 314 g/mol. The van der Waals surface area contributed by atoms with Crippen molar-refractivity contribution in [2.45, 2.75) is 57.6 Å². The summed E-state index contributed by atoms with van der Waals surface area (Å²) in [5.74, 6) is 0.882. The van der Waals surface area contributed by atoms with Gasteiger partial charge in [0.1, 0.15) is 6.10 Å². The number of amides is 1. The van der Waals surface area contributed by atoms with Crippen LogP contribution in [-0.4, -0.2) is 22.0 Å². The van der Waals surface area contributed by atoms with Gasteiger partial charge in [0.05, 0.1) is 0 Å². The monoisotopic (exact) mass is 339 g/mol. The summed E-state index contributed by atoms with van der Waals surface area (Å²) in [6.07, 6.45) is 10.8. The van der Waals surface area contributed by atoms with Gasteiger partial charge in [-0.2, -0.15) is 0 Å². The Kier molecular flexibility index (Phi) is 5.99. The quantitative estimate of drug-likeness (QED) is 0.837. The van der Waals surface area contributed by atoms with Crippen molar-refractivity contribution in [2.75, 3.05) is 0 Å². The molecule has 132 valence electrons. The van der Waals surface area contributed by atoms with Crippen LogP contribution < -0.4 is 10.1 Å². The first kappa shape index (κ1) is 17.4. The van der Waals surface area contributed by atoms with E-state index >= 15 is 0 Å². The minimum absolute atomic E-state index is 0.0376. The molecule has 0 saturated heterocycles. The zero-order chi connectivity index (χ0) is 17.5. The van der Waals surface area contributed by atoms with Gasteiger partial charge in [0.2, 0.25) is 11.8 Å². The largest absolute Gasteiger partial charge is 0.474 e. The van der Waals surface area contributed by atoms with Crippen molar-refractivity contribution in [1.82, 2.24) is 15.3 Å². The average Bonchev–Trinajstić information content (AvgIpc) is 3.15. The molecule has 1 fully saturated rings. The number of aromatic nitrogens is 2. The van der Waals surface area contributed by atoms with Crippen LogP contribution >= 0.6 is 0 Å². The van der Waals surface area contributed by atoms with Crippen LogP contribution in [0.15, 0.2) is 42.9 Å². The first-order valence-electron chi connectivity index (χ1n) is 8.99. The zero-order valence-corrected chi connectivity index (χ0v) is 14.6. The van der Waals surface area contributed by atoms with Crippen molar-refractivity contribution in [3.05, 3.63) is 54.0 Å². The third-order valence-corrected chi connectivity index (χ3v) is 4.64. The summed E-state index contributed by atoms with van der Waals surface area (Å²) < 4.78 is 5.85. The number of carbonyl (C=O) groups excluding carboxylic acids is 1. The van der Waals surface area contributed by atoms with Gasteiger partial charge in [0.25, 0.3) is 0 Å². The van der Waals surface area contributed by atoms with E-state index in [0.717, 1.165) is 24.0 Å². The average molecular weight is 339 g/mol. The lowest BCUT2D eigenvalue weighted by molar-refractivity contribution is -0.121. The molecule has 1 atom stereocenters. The molecule has 0 radical (unpaired) electrons. The maximum atomic E-state index is 12.1. The maximum Gasteiger partial charge on any atom is 0.220 e. The summed E-state index contributed by atoms with van der Waals surface area (Å²) in [5, 5.41) is 2.96. The fourth-order valence-electron chi connectivity index (χ4n) is 3.12. The third kappa shape index (κ3) is 5.28. The van der Waals surface area contributed by atoms with Crippen LogP contribution in [0.5, 0.6) is 5.88 Å². The summed E-state index contributed by atoms with van der Waals surface area (Å²) in [7, 11) is 0. The Morgan fingerprint density at radius 1 is 1.24 bits per heavy atom. The Morgan fingerprint density at radius 3 is 2.68 bits per heavy atom. The Morgan fingerprint density at radius 2 is 2.00 bits per heavy atom. The van der Waals surface area contributed by atoms with Gasteiger partial charge in [-0.3, -0.25) is 9.78 Å². The molecule has 1 N–H and O–H groups in total. The summed E-state index contributed by atoms with van der Waals surface area (Å²) in [5.41, 5.74) is 2.10. The Bertz CT molecular complexity index is 667. The van der Waals surface area contributed by atoms with Gasteiger partial charge >= 0.3 is 0 Å². The molecule has 5 nitrogen and oxygen atoms in total. The van der Waals surface area contributed by atoms with Crippen molar-refractivity contribution in [3.8, 4) is 5.88 Å². The van der Waals surface area contributed by atoms with Gasteiger partial charge in [-0.05, 0) is 54.9 Å². The third-order valence-electron chi connectivity index (χ3n) is 4.64. The minimum atomic E-state index is 0.0376. The summed E-state index contributed by atoms with van der Waals surface area (Å²) in [6.45, 7) is 2.53. The van der Waals surface area contributed by atoms with Gasteiger partial charge in [0, 0.05) is 37.6 Å². The molecule has 25 heavy (non-hydrogen) atoms. The predicted molar refractivity (Wildman–Crippen MR) is 96.2 cm³/mol. The van der Waals surface area contributed by atoms with Crippen LogP contribution in [0.4, 0.5) is 0 Å². The SMILES string of the molecule is CC(CC(=O)NCc1ccc(OC2CCCC2)nc1)c1ccncc1. The lowest BCUT2D eigenvalue weighted by atomic mass is 9.99. The van der Waals surface area contributed by atoms with E-state index in [0.29, 0.717) is 24.9 Å². The van der Waals surface area contributed by atoms with Crippen LogP contribution in [0.25, 0.3) is 0 Å². The first-order chi connectivity index (χ1) is 12.2. The summed E-state index contributed by atoms with van der Waals surface area (Å²) in [4.78, 5) is 20.5. The van der Waals surface area contributed by atoms with Gasteiger partial charge in [-0.15, -0.1) is 0 Å². The molecule has 1 aliphatic rings. The van der Waals surface area contributed by atoms with E-state index in [-0.39, 0.29) is 11.8 Å². The number of hydrogen-bond acceptors (Lipinski definition) is 4. The molecule has 2 heterocycles. The molecule has 0 aromatic carbocycles. The number of rotatable bonds is 7. The Hall–Kier alpha value is -2.43. The van der Waals surface area contributed by atoms with Crippen molar-refractivity contribution in [1.29, 1.82) is 0 Å². The van der Waals surface area contributed by atoms with E-state index in [4.69, 9.17) is 4.74 Å². The molecule has 5 heteroatoms. The fraction of sp³-hybridized carbons (Fsp3) is 0.450. The van der Waals surface area contributed by atoms with E-state index < -0.39 is 0 Å². The molecule has 0 aliphatic heterocycles. The summed E-state index contributed by atoms with van der Waals surface area (Å²) >= 11 is 0. The highest BCUT2D eigenvalue weighted by atomic mass is 16.5. The normalized spacial score (nSPS) is 15.7. The maximum absolute atomic E-state index is 12.1. The van der Waals surface area contributed by atoms with Gasteiger partial charge in [0.15, 0.2) is 0 Å². The second kappa shape index (κ2) is 8.60. The molecule has 2 aromatic rings.